The number of hydrogen-bond donors (Lipinski definition) is 0. The van der Waals surface area contributed by atoms with Crippen LogP contribution in [0.4, 0.5) is 5.69 Å². The molecule has 19 heavy (non-hydrogen) atoms. The lowest BCUT2D eigenvalue weighted by molar-refractivity contribution is -0.384. The van der Waals surface area contributed by atoms with Gasteiger partial charge in [-0.2, -0.15) is 0 Å². The highest BCUT2D eigenvalue weighted by Gasteiger charge is 2.09. The van der Waals surface area contributed by atoms with Gasteiger partial charge in [-0.25, -0.2) is 4.98 Å². The van der Waals surface area contributed by atoms with Crippen molar-refractivity contribution in [3.05, 3.63) is 57.8 Å². The van der Waals surface area contributed by atoms with Gasteiger partial charge in [0.1, 0.15) is 5.75 Å². The Bertz CT molecular complexity index is 599. The minimum Gasteiger partial charge on any atom is -0.439 e. The summed E-state index contributed by atoms with van der Waals surface area (Å²) in [6, 6.07) is 8.13. The van der Waals surface area contributed by atoms with Crippen LogP contribution in [0.2, 0.25) is 0 Å². The van der Waals surface area contributed by atoms with Crippen molar-refractivity contribution in [2.75, 3.05) is 0 Å². The maximum atomic E-state index is 10.6. The summed E-state index contributed by atoms with van der Waals surface area (Å²) in [7, 11) is 0. The van der Waals surface area contributed by atoms with E-state index in [2.05, 4.69) is 20.9 Å². The van der Waals surface area contributed by atoms with Crippen molar-refractivity contribution in [3.63, 3.8) is 0 Å². The van der Waals surface area contributed by atoms with Crippen molar-refractivity contribution in [1.29, 1.82) is 0 Å². The molecule has 5 nitrogen and oxygen atoms in total. The van der Waals surface area contributed by atoms with Gasteiger partial charge in [0.2, 0.25) is 5.88 Å². The SMILES string of the molecule is Cc1cc([N+](=O)[O-])ccc1Oc1ccc(CBr)cn1. The number of benzene rings is 1. The van der Waals surface area contributed by atoms with E-state index in [1.807, 2.05) is 6.07 Å². The van der Waals surface area contributed by atoms with Gasteiger partial charge in [-0.15, -0.1) is 0 Å². The Morgan fingerprint density at radius 2 is 2.16 bits per heavy atom. The van der Waals surface area contributed by atoms with Crippen LogP contribution >= 0.6 is 15.9 Å². The van der Waals surface area contributed by atoms with Crippen LogP contribution in [0.5, 0.6) is 11.6 Å². The minimum atomic E-state index is -0.431. The first-order valence-corrected chi connectivity index (χ1v) is 6.66. The van der Waals surface area contributed by atoms with Crippen LogP contribution in [0.3, 0.4) is 0 Å². The smallest absolute Gasteiger partial charge is 0.269 e. The number of non-ortho nitro benzene ring substituents is 1. The number of rotatable bonds is 4. The largest absolute Gasteiger partial charge is 0.439 e. The Kier molecular flexibility index (Phi) is 4.11. The molecule has 0 saturated heterocycles. The Morgan fingerprint density at radius 3 is 2.68 bits per heavy atom. The second kappa shape index (κ2) is 5.79. The van der Waals surface area contributed by atoms with Crippen LogP contribution in [0.25, 0.3) is 0 Å². The number of ether oxygens (including phenoxy) is 1. The molecule has 0 aliphatic rings. The maximum absolute atomic E-state index is 10.6. The van der Waals surface area contributed by atoms with Crippen LogP contribution in [0.15, 0.2) is 36.5 Å². The lowest BCUT2D eigenvalue weighted by Gasteiger charge is -2.07. The third-order valence-electron chi connectivity index (χ3n) is 2.54. The first kappa shape index (κ1) is 13.5. The van der Waals surface area contributed by atoms with Gasteiger partial charge in [-0.3, -0.25) is 10.1 Å². The van der Waals surface area contributed by atoms with E-state index in [-0.39, 0.29) is 5.69 Å². The zero-order valence-electron chi connectivity index (χ0n) is 10.2. The van der Waals surface area contributed by atoms with Crippen molar-refractivity contribution in [2.24, 2.45) is 0 Å². The van der Waals surface area contributed by atoms with Gasteiger partial charge < -0.3 is 4.74 Å². The molecule has 0 saturated carbocycles. The molecule has 2 rings (SSSR count). The van der Waals surface area contributed by atoms with E-state index in [1.54, 1.807) is 25.3 Å². The topological polar surface area (TPSA) is 65.3 Å². The molecule has 1 aromatic heterocycles. The van der Waals surface area contributed by atoms with Gasteiger partial charge in [0.25, 0.3) is 5.69 Å². The first-order chi connectivity index (χ1) is 9.10. The fourth-order valence-electron chi connectivity index (χ4n) is 1.52. The predicted octanol–water partition coefficient (Wildman–Crippen LogP) is 3.99. The molecule has 1 heterocycles. The molecule has 6 heteroatoms. The van der Waals surface area contributed by atoms with Crippen LogP contribution < -0.4 is 4.74 Å². The zero-order valence-corrected chi connectivity index (χ0v) is 11.8. The van der Waals surface area contributed by atoms with E-state index >= 15 is 0 Å². The fraction of sp³-hybridized carbons (Fsp3) is 0.154. The molecule has 0 N–H and O–H groups in total. The summed E-state index contributed by atoms with van der Waals surface area (Å²) in [5.41, 5.74) is 1.79. The Balaban J connectivity index is 2.20. The summed E-state index contributed by atoms with van der Waals surface area (Å²) in [5, 5.41) is 11.4. The van der Waals surface area contributed by atoms with E-state index in [1.165, 1.54) is 12.1 Å². The van der Waals surface area contributed by atoms with Gasteiger partial charge in [0, 0.05) is 29.7 Å². The second-order valence-electron chi connectivity index (χ2n) is 3.95. The lowest BCUT2D eigenvalue weighted by atomic mass is 10.2. The number of nitrogens with zero attached hydrogens (tertiary/aromatic N) is 2. The number of nitro groups is 1. The highest BCUT2D eigenvalue weighted by Crippen LogP contribution is 2.27. The number of alkyl halides is 1. The minimum absolute atomic E-state index is 0.0486. The van der Waals surface area contributed by atoms with E-state index in [4.69, 9.17) is 4.74 Å². The van der Waals surface area contributed by atoms with Gasteiger partial charge in [-0.1, -0.05) is 22.0 Å². The molecule has 98 valence electrons. The highest BCUT2D eigenvalue weighted by molar-refractivity contribution is 9.08. The lowest BCUT2D eigenvalue weighted by Crippen LogP contribution is -1.93. The van der Waals surface area contributed by atoms with Crippen LogP contribution in [0.1, 0.15) is 11.1 Å². The molecule has 0 radical (unpaired) electrons. The average molecular weight is 323 g/mol. The van der Waals surface area contributed by atoms with Crippen LogP contribution in [-0.2, 0) is 5.33 Å². The van der Waals surface area contributed by atoms with Crippen LogP contribution in [-0.4, -0.2) is 9.91 Å². The van der Waals surface area contributed by atoms with E-state index in [0.29, 0.717) is 17.2 Å². The summed E-state index contributed by atoms with van der Waals surface area (Å²) in [4.78, 5) is 14.4. The van der Waals surface area contributed by atoms with Crippen molar-refractivity contribution < 1.29 is 9.66 Å². The third kappa shape index (κ3) is 3.29. The van der Waals surface area contributed by atoms with Gasteiger partial charge >= 0.3 is 0 Å². The van der Waals surface area contributed by atoms with Gasteiger partial charge in [0.05, 0.1) is 4.92 Å². The Labute approximate surface area is 118 Å². The third-order valence-corrected chi connectivity index (χ3v) is 3.18. The fourth-order valence-corrected chi connectivity index (χ4v) is 1.86. The molecular formula is C13H11BrN2O3. The standard InChI is InChI=1S/C13H11BrN2O3/c1-9-6-11(16(17)18)3-4-12(9)19-13-5-2-10(7-14)8-15-13/h2-6,8H,7H2,1H3. The second-order valence-corrected chi connectivity index (χ2v) is 4.51. The monoisotopic (exact) mass is 322 g/mol. The van der Waals surface area contributed by atoms with Crippen molar-refractivity contribution >= 4 is 21.6 Å². The molecule has 0 aliphatic carbocycles. The van der Waals surface area contributed by atoms with E-state index in [9.17, 15) is 10.1 Å². The molecule has 0 amide bonds. The quantitative estimate of drug-likeness (QED) is 0.485. The molecule has 0 atom stereocenters. The maximum Gasteiger partial charge on any atom is 0.269 e. The molecule has 0 bridgehead atoms. The Morgan fingerprint density at radius 1 is 1.37 bits per heavy atom. The number of hydrogen-bond acceptors (Lipinski definition) is 4. The predicted molar refractivity (Wildman–Crippen MR) is 74.8 cm³/mol. The summed E-state index contributed by atoms with van der Waals surface area (Å²) in [6.07, 6.45) is 1.71. The van der Waals surface area contributed by atoms with Crippen LogP contribution in [0, 0.1) is 17.0 Å². The summed E-state index contributed by atoms with van der Waals surface area (Å²) >= 11 is 3.34. The molecular weight excluding hydrogens is 312 g/mol. The van der Waals surface area contributed by atoms with Gasteiger partial charge in [0.15, 0.2) is 0 Å². The molecule has 0 spiro atoms. The number of pyridine rings is 1. The summed E-state index contributed by atoms with van der Waals surface area (Å²) in [6.45, 7) is 1.76. The number of aryl methyl sites for hydroxylation is 1. The zero-order chi connectivity index (χ0) is 13.8. The average Bonchev–Trinajstić information content (AvgIpc) is 2.41. The van der Waals surface area contributed by atoms with Crippen molar-refractivity contribution in [3.8, 4) is 11.6 Å². The summed E-state index contributed by atoms with van der Waals surface area (Å²) in [5.74, 6) is 1.02. The molecule has 0 aliphatic heterocycles. The highest BCUT2D eigenvalue weighted by atomic mass is 79.9. The number of nitro benzene ring substituents is 1. The molecule has 0 fully saturated rings. The first-order valence-electron chi connectivity index (χ1n) is 5.54. The number of halogens is 1. The van der Waals surface area contributed by atoms with Gasteiger partial charge in [-0.05, 0) is 24.1 Å². The molecule has 0 unspecified atom stereocenters. The number of aromatic nitrogens is 1. The molecule has 2 aromatic rings. The normalized spacial score (nSPS) is 10.2. The molecule has 1 aromatic carbocycles. The van der Waals surface area contributed by atoms with E-state index < -0.39 is 4.92 Å². The summed E-state index contributed by atoms with van der Waals surface area (Å²) < 4.78 is 5.59. The van der Waals surface area contributed by atoms with Crippen molar-refractivity contribution in [1.82, 2.24) is 4.98 Å². The van der Waals surface area contributed by atoms with Crippen molar-refractivity contribution in [2.45, 2.75) is 12.3 Å². The van der Waals surface area contributed by atoms with E-state index in [0.717, 1.165) is 10.9 Å². The Hall–Kier alpha value is -1.95.